The SMILES string of the molecule is c1ccc(-c2cccc3cccc(-c4ccc(N(c5ccc(-c6cccc7sc8ccccc8c67)cc5)c5ccc6ccc7sc8ccccc8c7c6c5)cc4)c23)cc1. The highest BCUT2D eigenvalue weighted by atomic mass is 32.1. The van der Waals surface area contributed by atoms with Gasteiger partial charge in [-0.05, 0) is 116 Å². The summed E-state index contributed by atoms with van der Waals surface area (Å²) in [5, 5.41) is 10.3. The molecule has 12 rings (SSSR count). The molecule has 0 N–H and O–H groups in total. The number of nitrogens with zero attached hydrogens (tertiary/aromatic N) is 1. The zero-order valence-electron chi connectivity index (χ0n) is 32.0. The second-order valence-corrected chi connectivity index (χ2v) is 17.4. The van der Waals surface area contributed by atoms with Crippen molar-refractivity contribution in [2.45, 2.75) is 0 Å². The third-order valence-electron chi connectivity index (χ3n) is 11.9. The second-order valence-electron chi connectivity index (χ2n) is 15.2. The van der Waals surface area contributed by atoms with E-state index in [9.17, 15) is 0 Å². The minimum Gasteiger partial charge on any atom is -0.310 e. The van der Waals surface area contributed by atoms with Crippen molar-refractivity contribution >= 4 is 102 Å². The molecule has 12 aromatic rings. The van der Waals surface area contributed by atoms with Crippen LogP contribution in [0, 0.1) is 0 Å². The third kappa shape index (κ3) is 5.66. The number of rotatable bonds is 6. The molecule has 59 heavy (non-hydrogen) atoms. The molecule has 0 spiro atoms. The van der Waals surface area contributed by atoms with Gasteiger partial charge in [0.15, 0.2) is 0 Å². The van der Waals surface area contributed by atoms with E-state index in [4.69, 9.17) is 0 Å². The summed E-state index contributed by atoms with van der Waals surface area (Å²) >= 11 is 3.74. The van der Waals surface area contributed by atoms with E-state index in [1.807, 2.05) is 22.7 Å². The summed E-state index contributed by atoms with van der Waals surface area (Å²) in [4.78, 5) is 2.42. The van der Waals surface area contributed by atoms with Crippen molar-refractivity contribution in [3.63, 3.8) is 0 Å². The molecule has 10 aromatic carbocycles. The highest BCUT2D eigenvalue weighted by molar-refractivity contribution is 7.26. The molecule has 0 saturated carbocycles. The molecule has 0 bridgehead atoms. The Kier molecular flexibility index (Phi) is 7.97. The predicted molar refractivity (Wildman–Crippen MR) is 258 cm³/mol. The minimum atomic E-state index is 1.11. The molecular weight excluding hydrogens is 751 g/mol. The van der Waals surface area contributed by atoms with Crippen molar-refractivity contribution in [2.75, 3.05) is 4.90 Å². The van der Waals surface area contributed by atoms with Gasteiger partial charge in [-0.1, -0.05) is 152 Å². The zero-order chi connectivity index (χ0) is 38.9. The topological polar surface area (TPSA) is 3.24 Å². The summed E-state index contributed by atoms with van der Waals surface area (Å²) in [6.07, 6.45) is 0. The number of thiophene rings is 2. The van der Waals surface area contributed by atoms with E-state index in [1.165, 1.54) is 95.3 Å². The lowest BCUT2D eigenvalue weighted by molar-refractivity contribution is 1.29. The summed E-state index contributed by atoms with van der Waals surface area (Å²) in [7, 11) is 0. The maximum Gasteiger partial charge on any atom is 0.0468 e. The lowest BCUT2D eigenvalue weighted by Crippen LogP contribution is -2.09. The number of hydrogen-bond donors (Lipinski definition) is 0. The highest BCUT2D eigenvalue weighted by Crippen LogP contribution is 2.45. The van der Waals surface area contributed by atoms with E-state index in [0.717, 1.165) is 17.1 Å². The standard InChI is InChI=1S/C56H35NS2/c1-2-11-36(12-3-1)44-17-8-13-40-14-9-18-45(54(40)44)37-23-29-41(30-24-37)57(43-33-27-39-28-34-53-56(49(39)35-43)48-16-5-7-21-51(48)59-53)42-31-25-38(26-32-42)46-19-10-22-52-55(46)47-15-4-6-20-50(47)58-52/h1-35H. The Morgan fingerprint density at radius 3 is 1.39 bits per heavy atom. The van der Waals surface area contributed by atoms with Crippen LogP contribution in [0.2, 0.25) is 0 Å². The van der Waals surface area contributed by atoms with Crippen LogP contribution < -0.4 is 4.90 Å². The summed E-state index contributed by atoms with van der Waals surface area (Å²) in [5.41, 5.74) is 10.7. The van der Waals surface area contributed by atoms with Crippen molar-refractivity contribution in [3.05, 3.63) is 212 Å². The smallest absolute Gasteiger partial charge is 0.0468 e. The van der Waals surface area contributed by atoms with Crippen molar-refractivity contribution in [1.29, 1.82) is 0 Å². The highest BCUT2D eigenvalue weighted by Gasteiger charge is 2.18. The van der Waals surface area contributed by atoms with Crippen LogP contribution >= 0.6 is 22.7 Å². The first-order valence-electron chi connectivity index (χ1n) is 20.1. The first-order chi connectivity index (χ1) is 29.2. The van der Waals surface area contributed by atoms with Gasteiger partial charge in [0.25, 0.3) is 0 Å². The van der Waals surface area contributed by atoms with E-state index in [1.54, 1.807) is 0 Å². The fourth-order valence-electron chi connectivity index (χ4n) is 9.15. The Labute approximate surface area is 350 Å². The van der Waals surface area contributed by atoms with Crippen LogP contribution in [0.4, 0.5) is 17.1 Å². The quantitative estimate of drug-likeness (QED) is 0.162. The fraction of sp³-hybridized carbons (Fsp3) is 0. The van der Waals surface area contributed by atoms with Crippen LogP contribution in [0.25, 0.3) is 95.3 Å². The largest absolute Gasteiger partial charge is 0.310 e. The molecule has 2 aromatic heterocycles. The average Bonchev–Trinajstić information content (AvgIpc) is 3.89. The molecule has 0 radical (unpaired) electrons. The van der Waals surface area contributed by atoms with E-state index < -0.39 is 0 Å². The first-order valence-corrected chi connectivity index (χ1v) is 21.7. The van der Waals surface area contributed by atoms with Gasteiger partial charge in [-0.25, -0.2) is 0 Å². The van der Waals surface area contributed by atoms with Gasteiger partial charge in [0.2, 0.25) is 0 Å². The molecule has 0 aliphatic rings. The third-order valence-corrected chi connectivity index (χ3v) is 14.1. The summed E-state index contributed by atoms with van der Waals surface area (Å²) < 4.78 is 5.28. The first kappa shape index (κ1) is 34.0. The van der Waals surface area contributed by atoms with Crippen molar-refractivity contribution in [3.8, 4) is 33.4 Å². The maximum absolute atomic E-state index is 2.42. The van der Waals surface area contributed by atoms with Crippen molar-refractivity contribution < 1.29 is 0 Å². The molecule has 0 amide bonds. The van der Waals surface area contributed by atoms with Crippen LogP contribution in [-0.2, 0) is 0 Å². The van der Waals surface area contributed by atoms with Crippen LogP contribution in [0.5, 0.6) is 0 Å². The maximum atomic E-state index is 2.42. The molecule has 0 saturated heterocycles. The predicted octanol–water partition coefficient (Wildman–Crippen LogP) is 17.2. The van der Waals surface area contributed by atoms with Crippen LogP contribution in [0.3, 0.4) is 0 Å². The molecule has 0 aliphatic carbocycles. The Balaban J connectivity index is 1.02. The second kappa shape index (κ2) is 13.8. The van der Waals surface area contributed by atoms with E-state index in [0.29, 0.717) is 0 Å². The molecule has 0 atom stereocenters. The fourth-order valence-corrected chi connectivity index (χ4v) is 11.4. The molecule has 2 heterocycles. The van der Waals surface area contributed by atoms with Gasteiger partial charge >= 0.3 is 0 Å². The molecule has 0 unspecified atom stereocenters. The van der Waals surface area contributed by atoms with E-state index >= 15 is 0 Å². The molecule has 0 aliphatic heterocycles. The lowest BCUT2D eigenvalue weighted by atomic mass is 9.91. The molecule has 3 heteroatoms. The van der Waals surface area contributed by atoms with Gasteiger partial charge in [0.1, 0.15) is 0 Å². The van der Waals surface area contributed by atoms with Gasteiger partial charge in [-0.3, -0.25) is 0 Å². The van der Waals surface area contributed by atoms with Crippen molar-refractivity contribution in [1.82, 2.24) is 0 Å². The Bertz CT molecular complexity index is 3540. The van der Waals surface area contributed by atoms with Gasteiger partial charge < -0.3 is 4.90 Å². The lowest BCUT2D eigenvalue weighted by Gasteiger charge is -2.26. The van der Waals surface area contributed by atoms with Gasteiger partial charge in [0.05, 0.1) is 0 Å². The molecule has 276 valence electrons. The van der Waals surface area contributed by atoms with E-state index in [-0.39, 0.29) is 0 Å². The Morgan fingerprint density at radius 1 is 0.271 bits per heavy atom. The summed E-state index contributed by atoms with van der Waals surface area (Å²) in [6.45, 7) is 0. The minimum absolute atomic E-state index is 1.11. The van der Waals surface area contributed by atoms with Gasteiger partial charge in [-0.2, -0.15) is 0 Å². The van der Waals surface area contributed by atoms with Gasteiger partial charge in [-0.15, -0.1) is 22.7 Å². The van der Waals surface area contributed by atoms with Crippen LogP contribution in [0.1, 0.15) is 0 Å². The molecule has 1 nitrogen and oxygen atoms in total. The summed E-state index contributed by atoms with van der Waals surface area (Å²) in [5.74, 6) is 0. The molecular formula is C56H35NS2. The average molecular weight is 786 g/mol. The van der Waals surface area contributed by atoms with Gasteiger partial charge in [0, 0.05) is 57.4 Å². The van der Waals surface area contributed by atoms with Crippen molar-refractivity contribution in [2.24, 2.45) is 0 Å². The Hall–Kier alpha value is -7.04. The number of hydrogen-bond acceptors (Lipinski definition) is 3. The van der Waals surface area contributed by atoms with E-state index in [2.05, 4.69) is 217 Å². The molecule has 0 fully saturated rings. The Morgan fingerprint density at radius 2 is 0.746 bits per heavy atom. The monoisotopic (exact) mass is 785 g/mol. The number of anilines is 3. The number of fused-ring (bicyclic) bond motifs is 9. The van der Waals surface area contributed by atoms with Crippen LogP contribution in [-0.4, -0.2) is 0 Å². The zero-order valence-corrected chi connectivity index (χ0v) is 33.6. The number of benzene rings is 10. The normalized spacial score (nSPS) is 11.7. The van der Waals surface area contributed by atoms with Crippen LogP contribution in [0.15, 0.2) is 212 Å². The summed E-state index contributed by atoms with van der Waals surface area (Å²) in [6, 6.07) is 78.2.